The van der Waals surface area contributed by atoms with Gasteiger partial charge in [-0.05, 0) is 36.8 Å². The van der Waals surface area contributed by atoms with E-state index in [1.165, 1.54) is 6.26 Å². The van der Waals surface area contributed by atoms with Gasteiger partial charge < -0.3 is 20.2 Å². The van der Waals surface area contributed by atoms with Gasteiger partial charge in [-0.2, -0.15) is 13.2 Å². The molecule has 0 amide bonds. The first-order valence-corrected chi connectivity index (χ1v) is 7.90. The molecule has 0 spiro atoms. The molecule has 0 aliphatic carbocycles. The minimum Gasteiger partial charge on any atom is -0.467 e. The van der Waals surface area contributed by atoms with Gasteiger partial charge >= 0.3 is 6.18 Å². The van der Waals surface area contributed by atoms with Crippen LogP contribution in [-0.4, -0.2) is 24.2 Å². The van der Waals surface area contributed by atoms with Gasteiger partial charge in [-0.25, -0.2) is 9.38 Å². The number of benzene rings is 1. The van der Waals surface area contributed by atoms with Crippen LogP contribution in [0, 0.1) is 5.82 Å². The van der Waals surface area contributed by atoms with Crippen molar-refractivity contribution in [2.45, 2.75) is 25.7 Å². The van der Waals surface area contributed by atoms with Gasteiger partial charge in [0.1, 0.15) is 17.7 Å². The average Bonchev–Trinajstić information content (AvgIpc) is 3.11. The zero-order chi connectivity index (χ0) is 19.2. The van der Waals surface area contributed by atoms with Crippen molar-refractivity contribution < 1.29 is 27.1 Å². The molecule has 0 aliphatic rings. The lowest BCUT2D eigenvalue weighted by molar-refractivity contribution is -0.138. The van der Waals surface area contributed by atoms with Gasteiger partial charge in [0.25, 0.3) is 0 Å². The molecule has 10 heteroatoms. The van der Waals surface area contributed by atoms with E-state index in [0.717, 1.165) is 12.1 Å². The summed E-state index contributed by atoms with van der Waals surface area (Å²) in [7, 11) is 0. The molecule has 3 N–H and O–H groups in total. The van der Waals surface area contributed by atoms with Gasteiger partial charge in [0.2, 0.25) is 0 Å². The Hall–Kier alpha value is -1.82. The quantitative estimate of drug-likeness (QED) is 0.244. The van der Waals surface area contributed by atoms with E-state index in [1.807, 2.05) is 0 Å². The third-order valence-corrected chi connectivity index (χ3v) is 3.46. The van der Waals surface area contributed by atoms with E-state index >= 15 is 0 Å². The highest BCUT2D eigenvalue weighted by Crippen LogP contribution is 2.32. The van der Waals surface area contributed by atoms with Crippen LogP contribution in [0.4, 0.5) is 17.6 Å². The van der Waals surface area contributed by atoms with Gasteiger partial charge in [0, 0.05) is 6.54 Å². The first-order chi connectivity index (χ1) is 12.3. The number of hydrogen-bond acceptors (Lipinski definition) is 3. The standard InChI is InChI=1S/C17H19F4N3O2.HI/c1-2-22-16(24-10-14(25)15-4-3-7-26-15)23-9-11-5-6-12(18)8-13(11)17(19,20)21;/h3-8,14,25H,2,9-10H2,1H3,(H2,22,23,24);1H. The largest absolute Gasteiger partial charge is 0.467 e. The predicted octanol–water partition coefficient (Wildman–Crippen LogP) is 3.84. The van der Waals surface area contributed by atoms with Crippen LogP contribution in [0.3, 0.4) is 0 Å². The van der Waals surface area contributed by atoms with Crippen molar-refractivity contribution in [3.63, 3.8) is 0 Å². The molecule has 1 heterocycles. The molecule has 2 rings (SSSR count). The number of aliphatic imine (C=N–C) groups is 1. The lowest BCUT2D eigenvalue weighted by atomic mass is 10.1. The molecule has 0 radical (unpaired) electrons. The molecular formula is C17H20F4IN3O2. The van der Waals surface area contributed by atoms with Gasteiger partial charge in [-0.1, -0.05) is 6.07 Å². The normalized spacial score (nSPS) is 13.0. The maximum absolute atomic E-state index is 13.1. The maximum atomic E-state index is 13.1. The fraction of sp³-hybridized carbons (Fsp3) is 0.353. The molecule has 5 nitrogen and oxygen atoms in total. The Kier molecular flexibility index (Phi) is 9.03. The second kappa shape index (κ2) is 10.5. The number of furan rings is 1. The molecule has 0 saturated heterocycles. The highest BCUT2D eigenvalue weighted by Gasteiger charge is 2.33. The molecule has 0 fully saturated rings. The number of nitrogens with zero attached hydrogens (tertiary/aromatic N) is 1. The molecule has 1 aromatic heterocycles. The van der Waals surface area contributed by atoms with Crippen LogP contribution < -0.4 is 10.6 Å². The number of hydrogen-bond donors (Lipinski definition) is 3. The van der Waals surface area contributed by atoms with Crippen molar-refractivity contribution in [3.8, 4) is 0 Å². The summed E-state index contributed by atoms with van der Waals surface area (Å²) in [5.74, 6) is -0.390. The summed E-state index contributed by atoms with van der Waals surface area (Å²) in [6.45, 7) is 2.01. The summed E-state index contributed by atoms with van der Waals surface area (Å²) in [4.78, 5) is 4.07. The Morgan fingerprint density at radius 1 is 1.26 bits per heavy atom. The monoisotopic (exact) mass is 501 g/mol. The van der Waals surface area contributed by atoms with Gasteiger partial charge in [0.15, 0.2) is 5.96 Å². The van der Waals surface area contributed by atoms with E-state index in [2.05, 4.69) is 15.6 Å². The number of aliphatic hydroxyl groups is 1. The number of halogens is 5. The molecule has 1 atom stereocenters. The SMILES string of the molecule is CCNC(=NCc1ccc(F)cc1C(F)(F)F)NCC(O)c1ccco1.I. The zero-order valence-electron chi connectivity index (χ0n) is 14.4. The Morgan fingerprint density at radius 3 is 2.59 bits per heavy atom. The molecule has 0 bridgehead atoms. The maximum Gasteiger partial charge on any atom is 0.416 e. The van der Waals surface area contributed by atoms with Crippen LogP contribution in [0.2, 0.25) is 0 Å². The third-order valence-electron chi connectivity index (χ3n) is 3.46. The summed E-state index contributed by atoms with van der Waals surface area (Å²) in [5.41, 5.74) is -1.21. The Labute approximate surface area is 170 Å². The number of alkyl halides is 3. The van der Waals surface area contributed by atoms with Crippen LogP contribution in [0.1, 0.15) is 29.9 Å². The van der Waals surface area contributed by atoms with Crippen LogP contribution >= 0.6 is 24.0 Å². The summed E-state index contributed by atoms with van der Waals surface area (Å²) in [6, 6.07) is 5.70. The van der Waals surface area contributed by atoms with Crippen molar-refractivity contribution in [1.29, 1.82) is 0 Å². The minimum atomic E-state index is -4.67. The van der Waals surface area contributed by atoms with Crippen molar-refractivity contribution in [2.24, 2.45) is 4.99 Å². The first kappa shape index (κ1) is 23.2. The molecule has 1 unspecified atom stereocenters. The summed E-state index contributed by atoms with van der Waals surface area (Å²) < 4.78 is 57.3. The van der Waals surface area contributed by atoms with Crippen LogP contribution in [-0.2, 0) is 12.7 Å². The number of rotatable bonds is 6. The minimum absolute atomic E-state index is 0. The van der Waals surface area contributed by atoms with E-state index in [4.69, 9.17) is 4.42 Å². The van der Waals surface area contributed by atoms with E-state index in [-0.39, 0.29) is 48.6 Å². The zero-order valence-corrected chi connectivity index (χ0v) is 16.7. The van der Waals surface area contributed by atoms with Crippen molar-refractivity contribution in [1.82, 2.24) is 10.6 Å². The van der Waals surface area contributed by atoms with E-state index in [9.17, 15) is 22.7 Å². The molecule has 27 heavy (non-hydrogen) atoms. The van der Waals surface area contributed by atoms with E-state index < -0.39 is 23.7 Å². The van der Waals surface area contributed by atoms with Crippen molar-refractivity contribution >= 4 is 29.9 Å². The second-order valence-electron chi connectivity index (χ2n) is 5.41. The van der Waals surface area contributed by atoms with Crippen LogP contribution in [0.15, 0.2) is 46.0 Å². The van der Waals surface area contributed by atoms with Crippen molar-refractivity contribution in [3.05, 3.63) is 59.3 Å². The Bertz CT molecular complexity index is 736. The highest BCUT2D eigenvalue weighted by molar-refractivity contribution is 14.0. The molecule has 0 saturated carbocycles. The molecule has 0 aliphatic heterocycles. The fourth-order valence-corrected chi connectivity index (χ4v) is 2.23. The number of nitrogens with one attached hydrogen (secondary N) is 2. The van der Waals surface area contributed by atoms with Gasteiger partial charge in [-0.15, -0.1) is 24.0 Å². The van der Waals surface area contributed by atoms with Gasteiger partial charge in [0.05, 0.1) is 24.9 Å². The molecular weight excluding hydrogens is 481 g/mol. The van der Waals surface area contributed by atoms with Gasteiger partial charge in [-0.3, -0.25) is 0 Å². The fourth-order valence-electron chi connectivity index (χ4n) is 2.23. The third kappa shape index (κ3) is 7.01. The van der Waals surface area contributed by atoms with Crippen molar-refractivity contribution in [2.75, 3.05) is 13.1 Å². The average molecular weight is 501 g/mol. The lowest BCUT2D eigenvalue weighted by Crippen LogP contribution is -2.39. The highest BCUT2D eigenvalue weighted by atomic mass is 127. The summed E-state index contributed by atoms with van der Waals surface area (Å²) >= 11 is 0. The topological polar surface area (TPSA) is 69.8 Å². The number of guanidine groups is 1. The predicted molar refractivity (Wildman–Crippen MR) is 103 cm³/mol. The van der Waals surface area contributed by atoms with Crippen LogP contribution in [0.5, 0.6) is 0 Å². The second-order valence-corrected chi connectivity index (χ2v) is 5.41. The van der Waals surface area contributed by atoms with E-state index in [0.29, 0.717) is 18.4 Å². The number of aliphatic hydroxyl groups excluding tert-OH is 1. The van der Waals surface area contributed by atoms with E-state index in [1.54, 1.807) is 19.1 Å². The first-order valence-electron chi connectivity index (χ1n) is 7.90. The molecule has 2 aromatic rings. The Morgan fingerprint density at radius 2 is 2.00 bits per heavy atom. The summed E-state index contributed by atoms with van der Waals surface area (Å²) in [5, 5.41) is 15.7. The molecule has 150 valence electrons. The molecule has 1 aromatic carbocycles. The summed E-state index contributed by atoms with van der Waals surface area (Å²) in [6.07, 6.45) is -4.19. The van der Waals surface area contributed by atoms with Crippen LogP contribution in [0.25, 0.3) is 0 Å². The smallest absolute Gasteiger partial charge is 0.416 e. The Balaban J connectivity index is 0.00000364. The lowest BCUT2D eigenvalue weighted by Gasteiger charge is -2.15.